The van der Waals surface area contributed by atoms with Gasteiger partial charge in [-0.25, -0.2) is 9.67 Å². The average molecular weight is 294 g/mol. The number of nitrogen functional groups attached to an aromatic ring is 1. The van der Waals surface area contributed by atoms with E-state index in [-0.39, 0.29) is 24.3 Å². The first-order valence-corrected chi connectivity index (χ1v) is 7.16. The fourth-order valence-electron chi connectivity index (χ4n) is 2.31. The van der Waals surface area contributed by atoms with Crippen LogP contribution in [0.1, 0.15) is 20.3 Å². The molecule has 1 saturated heterocycles. The molecular formula is C13H22N6O2. The molecule has 1 aromatic heterocycles. The van der Waals surface area contributed by atoms with Crippen LogP contribution in [0.15, 0.2) is 6.33 Å². The molecule has 8 heteroatoms. The Labute approximate surface area is 123 Å². The first kappa shape index (κ1) is 15.3. The number of hydrogen-bond acceptors (Lipinski definition) is 5. The molecule has 21 heavy (non-hydrogen) atoms. The highest BCUT2D eigenvalue weighted by molar-refractivity contribution is 5.78. The molecule has 0 bridgehead atoms. The molecule has 116 valence electrons. The highest BCUT2D eigenvalue weighted by atomic mass is 16.2. The summed E-state index contributed by atoms with van der Waals surface area (Å²) < 4.78 is 1.42. The standard InChI is InChI=1S/C13H22N6O2/c1-10(2)7-11(20)17-3-5-18(6-4-17)12(21)8-19-9-15-13(14)16-19/h9-10H,3-8H2,1-2H3,(H2,14,16). The van der Waals surface area contributed by atoms with Crippen LogP contribution in [-0.4, -0.2) is 62.6 Å². The molecule has 1 aromatic rings. The summed E-state index contributed by atoms with van der Waals surface area (Å²) in [4.78, 5) is 31.5. The number of carbonyl (C=O) groups is 2. The van der Waals surface area contributed by atoms with Crippen molar-refractivity contribution in [3.8, 4) is 0 Å². The van der Waals surface area contributed by atoms with Gasteiger partial charge < -0.3 is 15.5 Å². The van der Waals surface area contributed by atoms with Gasteiger partial charge >= 0.3 is 0 Å². The highest BCUT2D eigenvalue weighted by Crippen LogP contribution is 2.08. The smallest absolute Gasteiger partial charge is 0.244 e. The molecule has 0 aliphatic carbocycles. The summed E-state index contributed by atoms with van der Waals surface area (Å²) >= 11 is 0. The lowest BCUT2D eigenvalue weighted by atomic mass is 10.1. The van der Waals surface area contributed by atoms with Gasteiger partial charge in [-0.15, -0.1) is 5.10 Å². The first-order chi connectivity index (χ1) is 9.95. The maximum atomic E-state index is 12.1. The van der Waals surface area contributed by atoms with Crippen LogP contribution in [0.3, 0.4) is 0 Å². The Morgan fingerprint density at radius 1 is 1.19 bits per heavy atom. The van der Waals surface area contributed by atoms with Crippen LogP contribution >= 0.6 is 0 Å². The maximum Gasteiger partial charge on any atom is 0.244 e. The van der Waals surface area contributed by atoms with Gasteiger partial charge in [0.15, 0.2) is 0 Å². The van der Waals surface area contributed by atoms with Crippen LogP contribution in [0.25, 0.3) is 0 Å². The van der Waals surface area contributed by atoms with Crippen LogP contribution in [-0.2, 0) is 16.1 Å². The molecule has 0 atom stereocenters. The summed E-state index contributed by atoms with van der Waals surface area (Å²) in [6.45, 7) is 6.50. The maximum absolute atomic E-state index is 12.1. The largest absolute Gasteiger partial charge is 0.367 e. The Kier molecular flexibility index (Phi) is 4.77. The number of piperazine rings is 1. The van der Waals surface area contributed by atoms with Gasteiger partial charge in [-0.1, -0.05) is 13.8 Å². The number of anilines is 1. The molecule has 0 aromatic carbocycles. The number of amides is 2. The summed E-state index contributed by atoms with van der Waals surface area (Å²) in [5.41, 5.74) is 5.41. The van der Waals surface area contributed by atoms with Crippen molar-refractivity contribution in [2.75, 3.05) is 31.9 Å². The van der Waals surface area contributed by atoms with Crippen LogP contribution in [0.4, 0.5) is 5.95 Å². The predicted octanol–water partition coefficient (Wildman–Crippen LogP) is -0.423. The Morgan fingerprint density at radius 2 is 1.76 bits per heavy atom. The number of aromatic nitrogens is 3. The van der Waals surface area contributed by atoms with Crippen molar-refractivity contribution >= 4 is 17.8 Å². The zero-order valence-corrected chi connectivity index (χ0v) is 12.5. The van der Waals surface area contributed by atoms with Crippen molar-refractivity contribution < 1.29 is 9.59 Å². The van der Waals surface area contributed by atoms with E-state index in [1.165, 1.54) is 11.0 Å². The van der Waals surface area contributed by atoms with Crippen molar-refractivity contribution in [2.45, 2.75) is 26.8 Å². The Morgan fingerprint density at radius 3 is 2.24 bits per heavy atom. The monoisotopic (exact) mass is 294 g/mol. The Balaban J connectivity index is 1.80. The van der Waals surface area contributed by atoms with E-state index in [1.54, 1.807) is 4.90 Å². The molecule has 1 aliphatic rings. The molecule has 2 rings (SSSR count). The zero-order valence-electron chi connectivity index (χ0n) is 12.5. The Hall–Kier alpha value is -2.12. The molecule has 1 fully saturated rings. The molecule has 1 aliphatic heterocycles. The van der Waals surface area contributed by atoms with E-state index >= 15 is 0 Å². The van der Waals surface area contributed by atoms with Crippen molar-refractivity contribution in [2.24, 2.45) is 5.92 Å². The third kappa shape index (κ3) is 4.17. The van der Waals surface area contributed by atoms with Crippen LogP contribution in [0, 0.1) is 5.92 Å². The fraction of sp³-hybridized carbons (Fsp3) is 0.692. The summed E-state index contributed by atoms with van der Waals surface area (Å²) in [7, 11) is 0. The van der Waals surface area contributed by atoms with E-state index in [2.05, 4.69) is 10.1 Å². The van der Waals surface area contributed by atoms with E-state index in [4.69, 9.17) is 5.73 Å². The SMILES string of the molecule is CC(C)CC(=O)N1CCN(C(=O)Cn2cnc(N)n2)CC1. The summed E-state index contributed by atoms with van der Waals surface area (Å²) in [5.74, 6) is 0.652. The second kappa shape index (κ2) is 6.55. The molecule has 0 saturated carbocycles. The van der Waals surface area contributed by atoms with Crippen LogP contribution in [0.2, 0.25) is 0 Å². The second-order valence-electron chi connectivity index (χ2n) is 5.66. The van der Waals surface area contributed by atoms with Gasteiger partial charge in [0, 0.05) is 32.6 Å². The van der Waals surface area contributed by atoms with Gasteiger partial charge in [0.2, 0.25) is 17.8 Å². The molecule has 0 unspecified atom stereocenters. The van der Waals surface area contributed by atoms with E-state index in [9.17, 15) is 9.59 Å². The highest BCUT2D eigenvalue weighted by Gasteiger charge is 2.24. The van der Waals surface area contributed by atoms with Crippen LogP contribution < -0.4 is 5.73 Å². The number of rotatable bonds is 4. The minimum Gasteiger partial charge on any atom is -0.367 e. The molecule has 2 amide bonds. The summed E-state index contributed by atoms with van der Waals surface area (Å²) in [5, 5.41) is 3.89. The van der Waals surface area contributed by atoms with Crippen molar-refractivity contribution in [3.63, 3.8) is 0 Å². The molecule has 2 heterocycles. The van der Waals surface area contributed by atoms with E-state index in [0.717, 1.165) is 0 Å². The lowest BCUT2D eigenvalue weighted by molar-refractivity contribution is -0.140. The molecule has 8 nitrogen and oxygen atoms in total. The molecule has 0 spiro atoms. The van der Waals surface area contributed by atoms with E-state index in [1.807, 2.05) is 18.7 Å². The first-order valence-electron chi connectivity index (χ1n) is 7.16. The van der Waals surface area contributed by atoms with Gasteiger partial charge in [-0.2, -0.15) is 0 Å². The summed E-state index contributed by atoms with van der Waals surface area (Å²) in [6, 6.07) is 0. The fourth-order valence-corrected chi connectivity index (χ4v) is 2.31. The van der Waals surface area contributed by atoms with Gasteiger partial charge in [0.05, 0.1) is 0 Å². The third-order valence-electron chi connectivity index (χ3n) is 3.42. The number of carbonyl (C=O) groups excluding carboxylic acids is 2. The number of nitrogens with zero attached hydrogens (tertiary/aromatic N) is 5. The lowest BCUT2D eigenvalue weighted by Crippen LogP contribution is -2.51. The summed E-state index contributed by atoms with van der Waals surface area (Å²) in [6.07, 6.45) is 2.00. The third-order valence-corrected chi connectivity index (χ3v) is 3.42. The predicted molar refractivity (Wildman–Crippen MR) is 77.0 cm³/mol. The zero-order chi connectivity index (χ0) is 15.4. The Bertz CT molecular complexity index is 505. The van der Waals surface area contributed by atoms with E-state index in [0.29, 0.717) is 38.5 Å². The normalized spacial score (nSPS) is 15.6. The van der Waals surface area contributed by atoms with Crippen LogP contribution in [0.5, 0.6) is 0 Å². The average Bonchev–Trinajstić information content (AvgIpc) is 2.83. The molecule has 0 radical (unpaired) electrons. The molecule has 2 N–H and O–H groups in total. The van der Waals surface area contributed by atoms with Gasteiger partial charge in [0.1, 0.15) is 12.9 Å². The topological polar surface area (TPSA) is 97.4 Å². The molecular weight excluding hydrogens is 272 g/mol. The van der Waals surface area contributed by atoms with Gasteiger partial charge in [0.25, 0.3) is 0 Å². The second-order valence-corrected chi connectivity index (χ2v) is 5.66. The van der Waals surface area contributed by atoms with E-state index < -0.39 is 0 Å². The van der Waals surface area contributed by atoms with Gasteiger partial charge in [-0.05, 0) is 5.92 Å². The minimum atomic E-state index is -0.0316. The number of nitrogens with two attached hydrogens (primary N) is 1. The van der Waals surface area contributed by atoms with Gasteiger partial charge in [-0.3, -0.25) is 9.59 Å². The quantitative estimate of drug-likeness (QED) is 0.813. The van der Waals surface area contributed by atoms with Crippen molar-refractivity contribution in [1.29, 1.82) is 0 Å². The van der Waals surface area contributed by atoms with Crippen molar-refractivity contribution in [3.05, 3.63) is 6.33 Å². The van der Waals surface area contributed by atoms with Crippen molar-refractivity contribution in [1.82, 2.24) is 24.6 Å². The lowest BCUT2D eigenvalue weighted by Gasteiger charge is -2.35. The number of hydrogen-bond donors (Lipinski definition) is 1. The minimum absolute atomic E-state index is 0.0316.